The van der Waals surface area contributed by atoms with Crippen molar-refractivity contribution in [3.8, 4) is 5.88 Å². The van der Waals surface area contributed by atoms with E-state index in [1.807, 2.05) is 13.8 Å². The molecule has 1 aliphatic carbocycles. The van der Waals surface area contributed by atoms with E-state index in [0.29, 0.717) is 43.7 Å². The van der Waals surface area contributed by atoms with Gasteiger partial charge in [0.15, 0.2) is 0 Å². The van der Waals surface area contributed by atoms with Gasteiger partial charge in [0.2, 0.25) is 11.5 Å². The normalized spacial score (nSPS) is 17.6. The van der Waals surface area contributed by atoms with Gasteiger partial charge >= 0.3 is 17.1 Å². The van der Waals surface area contributed by atoms with Crippen LogP contribution in [0.5, 0.6) is 5.88 Å². The lowest BCUT2D eigenvalue weighted by Crippen LogP contribution is -2.46. The summed E-state index contributed by atoms with van der Waals surface area (Å²) in [6, 6.07) is 0.0381. The number of aromatic amines is 1. The number of fused-ring (bicyclic) bond motifs is 1. The summed E-state index contributed by atoms with van der Waals surface area (Å²) in [7, 11) is 0. The summed E-state index contributed by atoms with van der Waals surface area (Å²) in [4.78, 5) is 39.8. The van der Waals surface area contributed by atoms with Crippen molar-refractivity contribution < 1.29 is 23.7 Å². The molecule has 0 bridgehead atoms. The van der Waals surface area contributed by atoms with Crippen LogP contribution < -0.4 is 15.4 Å². The fraction of sp³-hybridized carbons (Fsp3) is 0.545. The zero-order valence-corrected chi connectivity index (χ0v) is 18.3. The first kappa shape index (κ1) is 22.0. The SMILES string of the molecule is CC(C)C[n+]1c(O)c(C(=O)NC2CC2)c(=O)n2[nH]cc(/C=C/C(=O)N3CCC(F)CC3)c21. The van der Waals surface area contributed by atoms with Crippen molar-refractivity contribution in [2.45, 2.75) is 58.3 Å². The van der Waals surface area contributed by atoms with E-state index in [0.717, 1.165) is 12.8 Å². The predicted molar refractivity (Wildman–Crippen MR) is 115 cm³/mol. The number of piperidine rings is 1. The average molecular weight is 447 g/mol. The second-order valence-corrected chi connectivity index (χ2v) is 8.98. The molecule has 2 aromatic heterocycles. The number of likely N-dealkylation sites (tertiary alicyclic amines) is 1. The summed E-state index contributed by atoms with van der Waals surface area (Å²) < 4.78 is 16.1. The summed E-state index contributed by atoms with van der Waals surface area (Å²) in [6.45, 7) is 5.00. The van der Waals surface area contributed by atoms with Crippen molar-refractivity contribution in [2.24, 2.45) is 5.92 Å². The molecule has 32 heavy (non-hydrogen) atoms. The lowest BCUT2D eigenvalue weighted by Gasteiger charge is -2.27. The van der Waals surface area contributed by atoms with Crippen LogP contribution >= 0.6 is 0 Å². The number of nitrogens with one attached hydrogen (secondary N) is 2. The van der Waals surface area contributed by atoms with Crippen molar-refractivity contribution >= 4 is 23.5 Å². The van der Waals surface area contributed by atoms with Gasteiger partial charge in [-0.05, 0) is 37.7 Å². The molecule has 0 unspecified atom stereocenters. The van der Waals surface area contributed by atoms with Gasteiger partial charge < -0.3 is 15.3 Å². The third kappa shape index (κ3) is 4.39. The number of aromatic hydroxyl groups is 1. The molecule has 4 rings (SSSR count). The van der Waals surface area contributed by atoms with Crippen LogP contribution in [0, 0.1) is 5.92 Å². The van der Waals surface area contributed by atoms with Gasteiger partial charge in [0.05, 0.1) is 18.3 Å². The molecule has 0 atom stereocenters. The van der Waals surface area contributed by atoms with Crippen molar-refractivity contribution in [1.82, 2.24) is 19.8 Å². The van der Waals surface area contributed by atoms with E-state index in [2.05, 4.69) is 10.4 Å². The molecule has 3 N–H and O–H groups in total. The first-order valence-corrected chi connectivity index (χ1v) is 11.1. The van der Waals surface area contributed by atoms with Gasteiger partial charge in [0.1, 0.15) is 6.17 Å². The molecule has 1 saturated heterocycles. The van der Waals surface area contributed by atoms with Gasteiger partial charge in [-0.2, -0.15) is 4.57 Å². The smallest absolute Gasteiger partial charge is 0.378 e. The fourth-order valence-electron chi connectivity index (χ4n) is 3.94. The van der Waals surface area contributed by atoms with Crippen LogP contribution in [0.3, 0.4) is 0 Å². The van der Waals surface area contributed by atoms with Crippen molar-refractivity contribution in [2.75, 3.05) is 13.1 Å². The van der Waals surface area contributed by atoms with E-state index in [9.17, 15) is 23.9 Å². The van der Waals surface area contributed by atoms with Gasteiger partial charge in [-0.15, -0.1) is 0 Å². The Kier molecular flexibility index (Phi) is 6.03. The number of hydrogen-bond acceptors (Lipinski definition) is 4. The maximum Gasteiger partial charge on any atom is 0.378 e. The maximum atomic E-state index is 13.3. The Morgan fingerprint density at radius 2 is 2.00 bits per heavy atom. The molecule has 2 amide bonds. The number of aromatic nitrogens is 3. The van der Waals surface area contributed by atoms with E-state index in [-0.39, 0.29) is 23.4 Å². The Morgan fingerprint density at radius 3 is 2.62 bits per heavy atom. The molecule has 1 aliphatic heterocycles. The molecule has 2 aromatic rings. The monoisotopic (exact) mass is 446 g/mol. The highest BCUT2D eigenvalue weighted by atomic mass is 19.1. The second kappa shape index (κ2) is 8.76. The second-order valence-electron chi connectivity index (χ2n) is 8.98. The minimum Gasteiger partial charge on any atom is -0.477 e. The molecule has 9 nitrogen and oxygen atoms in total. The third-order valence-corrected chi connectivity index (χ3v) is 5.80. The fourth-order valence-corrected chi connectivity index (χ4v) is 3.94. The highest BCUT2D eigenvalue weighted by Crippen LogP contribution is 2.21. The zero-order valence-electron chi connectivity index (χ0n) is 18.3. The molecule has 10 heteroatoms. The van der Waals surface area contributed by atoms with Crippen LogP contribution in [0.1, 0.15) is 55.5 Å². The average Bonchev–Trinajstić information content (AvgIpc) is 3.45. The topological polar surface area (TPSA) is 111 Å². The largest absolute Gasteiger partial charge is 0.477 e. The summed E-state index contributed by atoms with van der Waals surface area (Å²) >= 11 is 0. The summed E-state index contributed by atoms with van der Waals surface area (Å²) in [5.74, 6) is -1.12. The lowest BCUT2D eigenvalue weighted by atomic mass is 10.1. The Hall–Kier alpha value is -3.17. The van der Waals surface area contributed by atoms with Gasteiger partial charge in [0, 0.05) is 25.2 Å². The number of amides is 2. The standard InChI is InChI=1S/C22H28FN5O4/c1-13(2)12-27-20-14(3-6-17(29)26-9-7-15(23)8-10-26)11-24-28(20)22(32)18(21(27)31)19(30)25-16-4-5-16/h3,6,11,13,15-16H,4-5,7-10,12H2,1-2H3,(H2,25,30,31,32)/p+1/b6-3+. The van der Waals surface area contributed by atoms with E-state index >= 15 is 0 Å². The van der Waals surface area contributed by atoms with Crippen LogP contribution in [-0.4, -0.2) is 56.7 Å². The van der Waals surface area contributed by atoms with E-state index in [1.165, 1.54) is 15.2 Å². The van der Waals surface area contributed by atoms with Gasteiger partial charge in [-0.3, -0.25) is 9.59 Å². The van der Waals surface area contributed by atoms with Crippen LogP contribution in [-0.2, 0) is 11.3 Å². The Labute approximate surface area is 184 Å². The predicted octanol–water partition coefficient (Wildman–Crippen LogP) is 1.14. The first-order chi connectivity index (χ1) is 15.3. The molecule has 172 valence electrons. The molecule has 1 saturated carbocycles. The van der Waals surface area contributed by atoms with Crippen molar-refractivity contribution in [3.63, 3.8) is 0 Å². The molecule has 2 fully saturated rings. The minimum absolute atomic E-state index is 0.0381. The number of hydrogen-bond donors (Lipinski definition) is 3. The zero-order chi connectivity index (χ0) is 23.0. The molecule has 0 spiro atoms. The quantitative estimate of drug-likeness (QED) is 0.457. The van der Waals surface area contributed by atoms with Crippen LogP contribution in [0.2, 0.25) is 0 Å². The lowest BCUT2D eigenvalue weighted by molar-refractivity contribution is -0.686. The number of halogens is 1. The van der Waals surface area contributed by atoms with Gasteiger partial charge in [-0.1, -0.05) is 18.4 Å². The molecule has 2 aliphatic rings. The first-order valence-electron chi connectivity index (χ1n) is 11.1. The maximum absolute atomic E-state index is 13.3. The van der Waals surface area contributed by atoms with Crippen LogP contribution in [0.25, 0.3) is 11.7 Å². The number of carbonyl (C=O) groups is 2. The number of H-pyrrole nitrogens is 1. The Balaban J connectivity index is 1.72. The van der Waals surface area contributed by atoms with Gasteiger partial charge in [0.25, 0.3) is 5.91 Å². The summed E-state index contributed by atoms with van der Waals surface area (Å²) in [5.41, 5.74) is -0.0964. The number of carbonyl (C=O) groups excluding carboxylic acids is 2. The summed E-state index contributed by atoms with van der Waals surface area (Å²) in [5, 5.41) is 16.5. The van der Waals surface area contributed by atoms with Crippen molar-refractivity contribution in [3.05, 3.63) is 33.8 Å². The molecule has 0 radical (unpaired) electrons. The van der Waals surface area contributed by atoms with Gasteiger partial charge in [-0.25, -0.2) is 14.3 Å². The van der Waals surface area contributed by atoms with Crippen molar-refractivity contribution in [1.29, 1.82) is 0 Å². The Morgan fingerprint density at radius 1 is 1.31 bits per heavy atom. The number of rotatable bonds is 6. The molecular formula is C22H29FN5O4+. The Bertz CT molecular complexity index is 1120. The summed E-state index contributed by atoms with van der Waals surface area (Å²) in [6.07, 6.45) is 6.01. The highest BCUT2D eigenvalue weighted by Gasteiger charge is 2.34. The molecular weight excluding hydrogens is 417 g/mol. The minimum atomic E-state index is -0.868. The van der Waals surface area contributed by atoms with E-state index < -0.39 is 23.5 Å². The third-order valence-electron chi connectivity index (χ3n) is 5.80. The van der Waals surface area contributed by atoms with Crippen LogP contribution in [0.4, 0.5) is 4.39 Å². The highest BCUT2D eigenvalue weighted by molar-refractivity contribution is 5.96. The molecule has 3 heterocycles. The van der Waals surface area contributed by atoms with E-state index in [1.54, 1.807) is 17.2 Å². The molecule has 0 aromatic carbocycles. The van der Waals surface area contributed by atoms with Crippen LogP contribution in [0.15, 0.2) is 17.1 Å². The number of alkyl halides is 1. The number of nitrogens with zero attached hydrogens (tertiary/aromatic N) is 3. The van der Waals surface area contributed by atoms with E-state index in [4.69, 9.17) is 0 Å².